The zero-order valence-electron chi connectivity index (χ0n) is 21.3. The summed E-state index contributed by atoms with van der Waals surface area (Å²) < 4.78 is 1.03. The number of piperidine rings is 1. The molecule has 1 fully saturated rings. The zero-order chi connectivity index (χ0) is 25.1. The minimum atomic E-state index is -0.374. The predicted octanol–water partition coefficient (Wildman–Crippen LogP) is 5.83. The molecule has 10 heteroatoms. The average Bonchev–Trinajstić information content (AvgIpc) is 3.28. The summed E-state index contributed by atoms with van der Waals surface area (Å²) in [6, 6.07) is 9.01. The first kappa shape index (κ1) is 27.8. The molecule has 0 unspecified atom stereocenters. The van der Waals surface area contributed by atoms with Crippen LogP contribution in [0.4, 0.5) is 16.5 Å². The summed E-state index contributed by atoms with van der Waals surface area (Å²) in [6.07, 6.45) is 3.95. The summed E-state index contributed by atoms with van der Waals surface area (Å²) in [5.74, 6) is -0.259. The van der Waals surface area contributed by atoms with E-state index in [4.69, 9.17) is 4.98 Å². The molecule has 1 saturated heterocycles. The van der Waals surface area contributed by atoms with Crippen LogP contribution in [-0.4, -0.2) is 61.0 Å². The van der Waals surface area contributed by atoms with Crippen LogP contribution in [0.2, 0.25) is 0 Å². The number of nitro benzene ring substituents is 1. The van der Waals surface area contributed by atoms with Crippen LogP contribution in [0.3, 0.4) is 0 Å². The molecular weight excluding hydrogens is 498 g/mol. The molecule has 2 heterocycles. The van der Waals surface area contributed by atoms with Crippen molar-refractivity contribution in [3.05, 3.63) is 57.1 Å². The fourth-order valence-corrected chi connectivity index (χ4v) is 5.57. The highest BCUT2D eigenvalue weighted by Gasteiger charge is 2.27. The van der Waals surface area contributed by atoms with E-state index in [2.05, 4.69) is 22.8 Å². The minimum absolute atomic E-state index is 0. The first-order chi connectivity index (χ1) is 16.8. The quantitative estimate of drug-likeness (QED) is 0.268. The number of fused-ring (bicyclic) bond motifs is 1. The van der Waals surface area contributed by atoms with Crippen molar-refractivity contribution in [3.63, 3.8) is 0 Å². The van der Waals surface area contributed by atoms with Crippen molar-refractivity contribution in [3.8, 4) is 0 Å². The maximum absolute atomic E-state index is 13.8. The highest BCUT2D eigenvalue weighted by Crippen LogP contribution is 2.35. The highest BCUT2D eigenvalue weighted by molar-refractivity contribution is 7.22. The summed E-state index contributed by atoms with van der Waals surface area (Å²) in [7, 11) is 4.00. The number of anilines is 2. The van der Waals surface area contributed by atoms with Crippen LogP contribution in [0.5, 0.6) is 0 Å². The molecule has 8 nitrogen and oxygen atoms in total. The second kappa shape index (κ2) is 12.0. The lowest BCUT2D eigenvalue weighted by Gasteiger charge is -2.28. The van der Waals surface area contributed by atoms with E-state index in [-0.39, 0.29) is 28.9 Å². The number of aryl methyl sites for hydroxylation is 2. The van der Waals surface area contributed by atoms with Crippen molar-refractivity contribution in [2.45, 2.75) is 39.5 Å². The van der Waals surface area contributed by atoms with E-state index in [1.54, 1.807) is 17.0 Å². The Morgan fingerprint density at radius 3 is 2.50 bits per heavy atom. The van der Waals surface area contributed by atoms with E-state index >= 15 is 0 Å². The largest absolute Gasteiger partial charge is 0.366 e. The summed E-state index contributed by atoms with van der Waals surface area (Å²) in [4.78, 5) is 36.0. The van der Waals surface area contributed by atoms with Crippen molar-refractivity contribution in [2.75, 3.05) is 50.1 Å². The molecule has 0 N–H and O–H groups in total. The fourth-order valence-electron chi connectivity index (χ4n) is 4.52. The number of nitro groups is 1. The number of rotatable bonds is 8. The van der Waals surface area contributed by atoms with E-state index in [1.807, 2.05) is 27.1 Å². The lowest BCUT2D eigenvalue weighted by molar-refractivity contribution is -0.384. The van der Waals surface area contributed by atoms with Gasteiger partial charge in [0.25, 0.3) is 11.6 Å². The van der Waals surface area contributed by atoms with Crippen molar-refractivity contribution in [1.82, 2.24) is 9.88 Å². The Morgan fingerprint density at radius 1 is 1.11 bits per heavy atom. The number of carbonyl (C=O) groups is 1. The summed E-state index contributed by atoms with van der Waals surface area (Å²) >= 11 is 1.48. The minimum Gasteiger partial charge on any atom is -0.366 e. The number of hydrogen-bond acceptors (Lipinski definition) is 7. The number of benzene rings is 2. The first-order valence-electron chi connectivity index (χ1n) is 12.1. The van der Waals surface area contributed by atoms with Crippen molar-refractivity contribution in [1.29, 1.82) is 0 Å². The Morgan fingerprint density at radius 2 is 1.83 bits per heavy atom. The number of halogens is 1. The van der Waals surface area contributed by atoms with E-state index < -0.39 is 0 Å². The molecule has 36 heavy (non-hydrogen) atoms. The van der Waals surface area contributed by atoms with Gasteiger partial charge in [-0.1, -0.05) is 17.4 Å². The number of carbonyl (C=O) groups excluding carboxylic acids is 1. The van der Waals surface area contributed by atoms with Gasteiger partial charge in [-0.25, -0.2) is 4.98 Å². The smallest absolute Gasteiger partial charge is 0.293 e. The molecule has 4 rings (SSSR count). The number of aromatic nitrogens is 1. The van der Waals surface area contributed by atoms with Gasteiger partial charge in [0, 0.05) is 31.3 Å². The molecule has 0 spiro atoms. The lowest BCUT2D eigenvalue weighted by atomic mass is 10.1. The molecule has 1 aliphatic rings. The van der Waals surface area contributed by atoms with Crippen LogP contribution in [0.15, 0.2) is 30.3 Å². The molecule has 194 valence electrons. The molecule has 1 aromatic heterocycles. The summed E-state index contributed by atoms with van der Waals surface area (Å²) in [5, 5.41) is 12.6. The number of nitrogens with zero attached hydrogens (tertiary/aromatic N) is 5. The van der Waals surface area contributed by atoms with Gasteiger partial charge >= 0.3 is 0 Å². The normalized spacial score (nSPS) is 13.6. The third-order valence-corrected chi connectivity index (χ3v) is 7.70. The fraction of sp³-hybridized carbons (Fsp3) is 0.462. The summed E-state index contributed by atoms with van der Waals surface area (Å²) in [6.45, 7) is 7.00. The molecule has 1 amide bonds. The third kappa shape index (κ3) is 5.96. The van der Waals surface area contributed by atoms with Gasteiger partial charge in [0.05, 0.1) is 15.1 Å². The van der Waals surface area contributed by atoms with Crippen molar-refractivity contribution >= 4 is 56.4 Å². The summed E-state index contributed by atoms with van der Waals surface area (Å²) in [5.41, 5.74) is 4.06. The molecule has 1 aliphatic heterocycles. The van der Waals surface area contributed by atoms with Crippen LogP contribution in [0.1, 0.15) is 47.2 Å². The number of thiazole rings is 1. The van der Waals surface area contributed by atoms with Crippen LogP contribution in [0.25, 0.3) is 10.2 Å². The van der Waals surface area contributed by atoms with Crippen LogP contribution in [-0.2, 0) is 0 Å². The second-order valence-corrected chi connectivity index (χ2v) is 10.5. The second-order valence-electron chi connectivity index (χ2n) is 9.47. The van der Waals surface area contributed by atoms with Gasteiger partial charge in [0.2, 0.25) is 0 Å². The van der Waals surface area contributed by atoms with Crippen molar-refractivity contribution in [2.24, 2.45) is 0 Å². The Bertz CT molecular complexity index is 1240. The Labute approximate surface area is 222 Å². The monoisotopic (exact) mass is 531 g/mol. The number of amides is 1. The topological polar surface area (TPSA) is 82.8 Å². The maximum Gasteiger partial charge on any atom is 0.293 e. The first-order valence-corrected chi connectivity index (χ1v) is 12.9. The molecule has 0 bridgehead atoms. The van der Waals surface area contributed by atoms with Gasteiger partial charge in [-0.05, 0) is 89.5 Å². The van der Waals surface area contributed by atoms with E-state index in [0.29, 0.717) is 22.9 Å². The Hall–Kier alpha value is -2.75. The third-order valence-electron chi connectivity index (χ3n) is 6.65. The van der Waals surface area contributed by atoms with Crippen LogP contribution >= 0.6 is 23.7 Å². The van der Waals surface area contributed by atoms with E-state index in [9.17, 15) is 14.9 Å². The highest BCUT2D eigenvalue weighted by atomic mass is 35.5. The van der Waals surface area contributed by atoms with Crippen LogP contribution < -0.4 is 9.80 Å². The molecule has 0 saturated carbocycles. The SMILES string of the molecule is Cc1ccc2sc(N(CCCN(C)C)C(=O)c3ccc(N4CCCCC4)c([N+](=O)[O-])c3)nc2c1C.Cl. The Kier molecular flexibility index (Phi) is 9.27. The van der Waals surface area contributed by atoms with Gasteiger partial charge in [0.1, 0.15) is 5.69 Å². The van der Waals surface area contributed by atoms with E-state index in [1.165, 1.54) is 17.4 Å². The van der Waals surface area contributed by atoms with Gasteiger partial charge in [-0.2, -0.15) is 0 Å². The average molecular weight is 532 g/mol. The van der Waals surface area contributed by atoms with Crippen LogP contribution in [0, 0.1) is 24.0 Å². The maximum atomic E-state index is 13.8. The number of hydrogen-bond donors (Lipinski definition) is 0. The molecule has 3 aromatic rings. The molecular formula is C26H34ClN5O3S. The Balaban J connectivity index is 0.00000361. The molecule has 0 radical (unpaired) electrons. The zero-order valence-corrected chi connectivity index (χ0v) is 23.0. The van der Waals surface area contributed by atoms with Gasteiger partial charge in [-0.3, -0.25) is 19.8 Å². The van der Waals surface area contributed by atoms with E-state index in [0.717, 1.165) is 66.7 Å². The molecule has 2 aromatic carbocycles. The molecule has 0 atom stereocenters. The van der Waals surface area contributed by atoms with Crippen molar-refractivity contribution < 1.29 is 9.72 Å². The lowest BCUT2D eigenvalue weighted by Crippen LogP contribution is -2.34. The van der Waals surface area contributed by atoms with Gasteiger partial charge < -0.3 is 9.80 Å². The van der Waals surface area contributed by atoms with Gasteiger partial charge in [0.15, 0.2) is 5.13 Å². The van der Waals surface area contributed by atoms with Gasteiger partial charge in [-0.15, -0.1) is 12.4 Å². The molecule has 0 aliphatic carbocycles. The predicted molar refractivity (Wildman–Crippen MR) is 150 cm³/mol. The standard InChI is InChI=1S/C26H33N5O3S.ClH/c1-18-9-12-23-24(19(18)2)27-26(35-23)30(16-8-13-28(3)4)25(32)20-10-11-21(22(17-20)31(33)34)29-14-6-5-7-15-29;/h9-12,17H,5-8,13-16H2,1-4H3;1H.